The SMILES string of the molecule is COc1ccc(-c2nn(-c3ccccc3)cc2/C=C/C(=O)N(C2CC2)C(C)c2ccccn2)cc1OC. The first kappa shape index (κ1) is 24.3. The molecule has 1 fully saturated rings. The van der Waals surface area contributed by atoms with E-state index in [9.17, 15) is 4.79 Å². The third kappa shape index (κ3) is 5.26. The molecule has 2 aromatic heterocycles. The minimum absolute atomic E-state index is 0.0358. The number of ether oxygens (including phenoxy) is 2. The van der Waals surface area contributed by atoms with Crippen molar-refractivity contribution < 1.29 is 14.3 Å². The monoisotopic (exact) mass is 494 g/mol. The van der Waals surface area contributed by atoms with Gasteiger partial charge >= 0.3 is 0 Å². The van der Waals surface area contributed by atoms with E-state index in [1.54, 1.807) is 26.5 Å². The smallest absolute Gasteiger partial charge is 0.247 e. The molecule has 1 amide bonds. The molecule has 2 aromatic carbocycles. The highest BCUT2D eigenvalue weighted by molar-refractivity contribution is 5.93. The minimum Gasteiger partial charge on any atom is -0.493 e. The molecule has 0 aliphatic heterocycles. The van der Waals surface area contributed by atoms with Crippen LogP contribution in [0.3, 0.4) is 0 Å². The van der Waals surface area contributed by atoms with Crippen LogP contribution in [0.5, 0.6) is 11.5 Å². The van der Waals surface area contributed by atoms with Gasteiger partial charge in [-0.2, -0.15) is 5.10 Å². The molecular formula is C30H30N4O3. The molecule has 4 aromatic rings. The zero-order chi connectivity index (χ0) is 25.8. The zero-order valence-electron chi connectivity index (χ0n) is 21.2. The number of hydrogen-bond donors (Lipinski definition) is 0. The number of nitrogens with zero attached hydrogens (tertiary/aromatic N) is 4. The Morgan fingerprint density at radius 3 is 2.46 bits per heavy atom. The van der Waals surface area contributed by atoms with Crippen LogP contribution in [0, 0.1) is 0 Å². The number of methoxy groups -OCH3 is 2. The fraction of sp³-hybridized carbons (Fsp3) is 0.233. The summed E-state index contributed by atoms with van der Waals surface area (Å²) < 4.78 is 12.7. The van der Waals surface area contributed by atoms with Crippen LogP contribution in [0.25, 0.3) is 23.0 Å². The molecule has 0 bridgehead atoms. The number of para-hydroxylation sites is 1. The van der Waals surface area contributed by atoms with Crippen LogP contribution in [0.4, 0.5) is 0 Å². The maximum absolute atomic E-state index is 13.5. The average Bonchev–Trinajstić information content (AvgIpc) is 3.69. The number of amides is 1. The van der Waals surface area contributed by atoms with Crippen molar-refractivity contribution in [2.75, 3.05) is 14.2 Å². The summed E-state index contributed by atoms with van der Waals surface area (Å²) in [5.74, 6) is 1.22. The topological polar surface area (TPSA) is 69.5 Å². The van der Waals surface area contributed by atoms with E-state index >= 15 is 0 Å². The number of carbonyl (C=O) groups excluding carboxylic acids is 1. The van der Waals surface area contributed by atoms with Crippen LogP contribution in [-0.4, -0.2) is 45.8 Å². The van der Waals surface area contributed by atoms with Crippen molar-refractivity contribution in [3.05, 3.63) is 96.5 Å². The lowest BCUT2D eigenvalue weighted by molar-refractivity contribution is -0.128. The van der Waals surface area contributed by atoms with E-state index < -0.39 is 0 Å². The molecule has 188 valence electrons. The van der Waals surface area contributed by atoms with Crippen LogP contribution in [0.15, 0.2) is 85.2 Å². The molecule has 5 rings (SSSR count). The van der Waals surface area contributed by atoms with Crippen molar-refractivity contribution >= 4 is 12.0 Å². The summed E-state index contributed by atoms with van der Waals surface area (Å²) in [5.41, 5.74) is 4.24. The maximum atomic E-state index is 13.5. The van der Waals surface area contributed by atoms with Crippen LogP contribution in [-0.2, 0) is 4.79 Å². The molecule has 1 saturated carbocycles. The van der Waals surface area contributed by atoms with Crippen molar-refractivity contribution in [3.8, 4) is 28.4 Å². The number of hydrogen-bond acceptors (Lipinski definition) is 5. The third-order valence-corrected chi connectivity index (χ3v) is 6.55. The summed E-state index contributed by atoms with van der Waals surface area (Å²) >= 11 is 0. The second kappa shape index (κ2) is 10.7. The summed E-state index contributed by atoms with van der Waals surface area (Å²) in [4.78, 5) is 19.9. The summed E-state index contributed by atoms with van der Waals surface area (Å²) in [5, 5.41) is 4.87. The largest absolute Gasteiger partial charge is 0.493 e. The number of pyridine rings is 1. The summed E-state index contributed by atoms with van der Waals surface area (Å²) in [6, 6.07) is 21.5. The first-order valence-corrected chi connectivity index (χ1v) is 12.4. The molecule has 7 heteroatoms. The first-order chi connectivity index (χ1) is 18.1. The lowest BCUT2D eigenvalue weighted by Crippen LogP contribution is -2.34. The molecule has 0 spiro atoms. The zero-order valence-corrected chi connectivity index (χ0v) is 21.2. The Hall–Kier alpha value is -4.39. The van der Waals surface area contributed by atoms with Gasteiger partial charge in [-0.25, -0.2) is 4.68 Å². The predicted octanol–water partition coefficient (Wildman–Crippen LogP) is 5.72. The maximum Gasteiger partial charge on any atom is 0.247 e. The van der Waals surface area contributed by atoms with E-state index in [0.717, 1.165) is 41.0 Å². The van der Waals surface area contributed by atoms with Gasteiger partial charge in [0, 0.05) is 35.6 Å². The van der Waals surface area contributed by atoms with Crippen LogP contribution >= 0.6 is 0 Å². The second-order valence-electron chi connectivity index (χ2n) is 9.02. The van der Waals surface area contributed by atoms with Gasteiger partial charge in [0.25, 0.3) is 0 Å². The van der Waals surface area contributed by atoms with Gasteiger partial charge in [-0.1, -0.05) is 24.3 Å². The Balaban J connectivity index is 1.50. The standard InChI is InChI=1S/C30H30N4O3/c1-21(26-11-7-8-18-31-26)34(25-14-15-25)29(35)17-13-23-20-33(24-9-5-4-6-10-24)32-30(23)22-12-16-27(36-2)28(19-22)37-3/h4-13,16-21,25H,14-15H2,1-3H3/b17-13+. The molecule has 0 radical (unpaired) electrons. The summed E-state index contributed by atoms with van der Waals surface area (Å²) in [6.07, 6.45) is 9.23. The molecule has 1 atom stereocenters. The highest BCUT2D eigenvalue weighted by Gasteiger charge is 2.35. The Kier molecular flexibility index (Phi) is 7.03. The number of benzene rings is 2. The van der Waals surface area contributed by atoms with Crippen molar-refractivity contribution in [3.63, 3.8) is 0 Å². The van der Waals surface area contributed by atoms with Gasteiger partial charge < -0.3 is 14.4 Å². The Morgan fingerprint density at radius 1 is 1.03 bits per heavy atom. The molecule has 1 unspecified atom stereocenters. The highest BCUT2D eigenvalue weighted by atomic mass is 16.5. The van der Waals surface area contributed by atoms with E-state index in [1.165, 1.54) is 0 Å². The molecule has 0 saturated heterocycles. The summed E-state index contributed by atoms with van der Waals surface area (Å²) in [7, 11) is 3.22. The number of carbonyl (C=O) groups is 1. The van der Waals surface area contributed by atoms with Gasteiger partial charge in [0.15, 0.2) is 11.5 Å². The van der Waals surface area contributed by atoms with Crippen molar-refractivity contribution in [2.45, 2.75) is 31.8 Å². The van der Waals surface area contributed by atoms with Crippen LogP contribution in [0.1, 0.15) is 37.1 Å². The Bertz CT molecular complexity index is 1400. The average molecular weight is 495 g/mol. The fourth-order valence-corrected chi connectivity index (χ4v) is 4.48. The Labute approximate surface area is 217 Å². The molecular weight excluding hydrogens is 464 g/mol. The van der Waals surface area contributed by atoms with Crippen LogP contribution in [0.2, 0.25) is 0 Å². The van der Waals surface area contributed by atoms with E-state index in [-0.39, 0.29) is 18.0 Å². The quantitative estimate of drug-likeness (QED) is 0.279. The van der Waals surface area contributed by atoms with Gasteiger partial charge in [-0.3, -0.25) is 9.78 Å². The number of aromatic nitrogens is 3. The first-order valence-electron chi connectivity index (χ1n) is 12.4. The lowest BCUT2D eigenvalue weighted by atomic mass is 10.1. The molecule has 2 heterocycles. The van der Waals surface area contributed by atoms with E-state index in [4.69, 9.17) is 14.6 Å². The number of rotatable bonds is 9. The normalized spacial score (nSPS) is 13.9. The second-order valence-corrected chi connectivity index (χ2v) is 9.02. The third-order valence-electron chi connectivity index (χ3n) is 6.55. The Morgan fingerprint density at radius 2 is 1.78 bits per heavy atom. The van der Waals surface area contributed by atoms with Gasteiger partial charge in [0.1, 0.15) is 5.69 Å². The van der Waals surface area contributed by atoms with Crippen molar-refractivity contribution in [2.24, 2.45) is 0 Å². The van der Waals surface area contributed by atoms with Gasteiger partial charge in [-0.05, 0) is 68.3 Å². The lowest BCUT2D eigenvalue weighted by Gasteiger charge is -2.28. The van der Waals surface area contributed by atoms with Gasteiger partial charge in [0.2, 0.25) is 5.91 Å². The predicted molar refractivity (Wildman–Crippen MR) is 144 cm³/mol. The molecule has 0 N–H and O–H groups in total. The van der Waals surface area contributed by atoms with E-state index in [2.05, 4.69) is 4.98 Å². The van der Waals surface area contributed by atoms with Crippen LogP contribution < -0.4 is 9.47 Å². The minimum atomic E-state index is -0.108. The van der Waals surface area contributed by atoms with Gasteiger partial charge in [0.05, 0.1) is 31.6 Å². The highest BCUT2D eigenvalue weighted by Crippen LogP contribution is 2.35. The van der Waals surface area contributed by atoms with Gasteiger partial charge in [-0.15, -0.1) is 0 Å². The van der Waals surface area contributed by atoms with Crippen molar-refractivity contribution in [1.29, 1.82) is 0 Å². The molecule has 1 aliphatic rings. The molecule has 37 heavy (non-hydrogen) atoms. The summed E-state index contributed by atoms with van der Waals surface area (Å²) in [6.45, 7) is 2.04. The van der Waals surface area contributed by atoms with Crippen molar-refractivity contribution in [1.82, 2.24) is 19.7 Å². The molecule has 7 nitrogen and oxygen atoms in total. The fourth-order valence-electron chi connectivity index (χ4n) is 4.48. The van der Waals surface area contributed by atoms with E-state index in [0.29, 0.717) is 11.5 Å². The van der Waals surface area contributed by atoms with E-state index in [1.807, 2.05) is 95.5 Å². The molecule has 1 aliphatic carbocycles.